The highest BCUT2D eigenvalue weighted by atomic mass is 32.1. The molecule has 0 unspecified atom stereocenters. The van der Waals surface area contributed by atoms with Crippen LogP contribution in [-0.4, -0.2) is 17.6 Å². The number of hydrogen-bond acceptors (Lipinski definition) is 4. The number of nitrogens with one attached hydrogen (secondary N) is 1. The Morgan fingerprint density at radius 1 is 1.24 bits per heavy atom. The van der Waals surface area contributed by atoms with Gasteiger partial charge in [0.2, 0.25) is 0 Å². The fourth-order valence-electron chi connectivity index (χ4n) is 2.03. The van der Waals surface area contributed by atoms with Gasteiger partial charge in [0, 0.05) is 23.9 Å². The van der Waals surface area contributed by atoms with Crippen LogP contribution >= 0.6 is 11.3 Å². The molecule has 0 saturated heterocycles. The lowest BCUT2D eigenvalue weighted by atomic mass is 10.3. The van der Waals surface area contributed by atoms with Gasteiger partial charge in [-0.3, -0.25) is 0 Å². The van der Waals surface area contributed by atoms with Gasteiger partial charge in [-0.2, -0.15) is 0 Å². The second kappa shape index (κ2) is 8.15. The van der Waals surface area contributed by atoms with Gasteiger partial charge in [0.05, 0.1) is 17.3 Å². The third-order valence-corrected chi connectivity index (χ3v) is 4.31. The molecule has 0 fully saturated rings. The van der Waals surface area contributed by atoms with Gasteiger partial charge in [0.15, 0.2) is 0 Å². The van der Waals surface area contributed by atoms with Gasteiger partial charge in [0.25, 0.3) is 0 Å². The molecule has 0 aliphatic rings. The van der Waals surface area contributed by atoms with Crippen LogP contribution in [0.15, 0.2) is 30.3 Å². The third-order valence-electron chi connectivity index (χ3n) is 3.16. The monoisotopic (exact) mass is 304 g/mol. The molecule has 1 heterocycles. The van der Waals surface area contributed by atoms with Crippen LogP contribution in [0.3, 0.4) is 0 Å². The van der Waals surface area contributed by atoms with E-state index in [0.29, 0.717) is 12.6 Å². The van der Waals surface area contributed by atoms with Crippen LogP contribution in [0.4, 0.5) is 0 Å². The quantitative estimate of drug-likeness (QED) is 0.805. The van der Waals surface area contributed by atoms with Crippen molar-refractivity contribution in [2.45, 2.75) is 46.2 Å². The lowest BCUT2D eigenvalue weighted by molar-refractivity contribution is 0.321. The first-order chi connectivity index (χ1) is 10.2. The van der Waals surface area contributed by atoms with E-state index in [4.69, 9.17) is 9.72 Å². The van der Waals surface area contributed by atoms with E-state index in [2.05, 4.69) is 26.1 Å². The largest absolute Gasteiger partial charge is 0.493 e. The van der Waals surface area contributed by atoms with Gasteiger partial charge in [0.1, 0.15) is 5.75 Å². The van der Waals surface area contributed by atoms with Crippen molar-refractivity contribution in [3.8, 4) is 5.75 Å². The molecule has 0 saturated carbocycles. The van der Waals surface area contributed by atoms with E-state index in [9.17, 15) is 0 Å². The Bertz CT molecular complexity index is 537. The Morgan fingerprint density at radius 2 is 2.00 bits per heavy atom. The summed E-state index contributed by atoms with van der Waals surface area (Å²) in [5, 5.41) is 4.64. The van der Waals surface area contributed by atoms with Gasteiger partial charge in [-0.05, 0) is 18.6 Å². The van der Waals surface area contributed by atoms with Crippen molar-refractivity contribution >= 4 is 11.3 Å². The molecule has 114 valence electrons. The number of benzene rings is 1. The molecule has 0 bridgehead atoms. The highest BCUT2D eigenvalue weighted by molar-refractivity contribution is 7.11. The summed E-state index contributed by atoms with van der Waals surface area (Å²) in [6, 6.07) is 10.4. The first-order valence-corrected chi connectivity index (χ1v) is 8.39. The minimum absolute atomic E-state index is 0.502. The van der Waals surface area contributed by atoms with Crippen LogP contribution in [0.25, 0.3) is 0 Å². The predicted molar refractivity (Wildman–Crippen MR) is 89.1 cm³/mol. The number of para-hydroxylation sites is 1. The van der Waals surface area contributed by atoms with E-state index in [0.717, 1.165) is 25.1 Å². The molecule has 0 aliphatic carbocycles. The summed E-state index contributed by atoms with van der Waals surface area (Å²) < 4.78 is 5.74. The highest BCUT2D eigenvalue weighted by Crippen LogP contribution is 2.20. The summed E-state index contributed by atoms with van der Waals surface area (Å²) in [5.41, 5.74) is 1.22. The summed E-state index contributed by atoms with van der Waals surface area (Å²) in [4.78, 5) is 6.10. The van der Waals surface area contributed by atoms with Crippen LogP contribution in [0.1, 0.15) is 36.3 Å². The van der Waals surface area contributed by atoms with E-state index < -0.39 is 0 Å². The summed E-state index contributed by atoms with van der Waals surface area (Å²) in [6.45, 7) is 8.09. The predicted octanol–water partition coefficient (Wildman–Crippen LogP) is 3.83. The first kappa shape index (κ1) is 16.0. The lowest BCUT2D eigenvalue weighted by Gasteiger charge is -2.06. The molecule has 1 N–H and O–H groups in total. The number of aromatic nitrogens is 1. The van der Waals surface area contributed by atoms with Crippen molar-refractivity contribution in [1.29, 1.82) is 0 Å². The maximum Gasteiger partial charge on any atom is 0.119 e. The lowest BCUT2D eigenvalue weighted by Crippen LogP contribution is -2.21. The zero-order valence-electron chi connectivity index (χ0n) is 13.1. The molecular weight excluding hydrogens is 280 g/mol. The number of rotatable bonds is 8. The number of nitrogens with zero attached hydrogens (tertiary/aromatic N) is 1. The van der Waals surface area contributed by atoms with Crippen LogP contribution in [-0.2, 0) is 19.4 Å². The number of aryl methyl sites for hydroxylation is 1. The van der Waals surface area contributed by atoms with Crippen molar-refractivity contribution < 1.29 is 4.74 Å². The summed E-state index contributed by atoms with van der Waals surface area (Å²) in [5.74, 6) is 0.923. The van der Waals surface area contributed by atoms with E-state index >= 15 is 0 Å². The Hall–Kier alpha value is -1.39. The molecule has 1 aromatic carbocycles. The molecule has 0 atom stereocenters. The van der Waals surface area contributed by atoms with Crippen molar-refractivity contribution in [1.82, 2.24) is 10.3 Å². The van der Waals surface area contributed by atoms with Crippen LogP contribution < -0.4 is 10.1 Å². The van der Waals surface area contributed by atoms with Crippen LogP contribution in [0.5, 0.6) is 5.75 Å². The molecule has 2 aromatic rings. The molecule has 2 rings (SSSR count). The third kappa shape index (κ3) is 5.14. The van der Waals surface area contributed by atoms with Crippen molar-refractivity contribution in [3.05, 3.63) is 45.9 Å². The molecule has 0 aliphatic heterocycles. The SMILES string of the molecule is CCc1nc(CCOc2ccccc2)sc1CNC(C)C. The van der Waals surface area contributed by atoms with Gasteiger partial charge in [-0.1, -0.05) is 39.0 Å². The van der Waals surface area contributed by atoms with Gasteiger partial charge in [-0.15, -0.1) is 11.3 Å². The second-order valence-corrected chi connectivity index (χ2v) is 6.45. The summed E-state index contributed by atoms with van der Waals surface area (Å²) in [7, 11) is 0. The zero-order valence-corrected chi connectivity index (χ0v) is 13.9. The summed E-state index contributed by atoms with van der Waals surface area (Å²) in [6.07, 6.45) is 1.86. The summed E-state index contributed by atoms with van der Waals surface area (Å²) >= 11 is 1.81. The standard InChI is InChI=1S/C17H24N2OS/c1-4-15-16(12-18-13(2)3)21-17(19-15)10-11-20-14-8-6-5-7-9-14/h5-9,13,18H,4,10-12H2,1-3H3. The van der Waals surface area contributed by atoms with Crippen molar-refractivity contribution in [2.75, 3.05) is 6.61 Å². The normalized spacial score (nSPS) is 11.0. The Labute approximate surface area is 131 Å². The molecule has 0 spiro atoms. The van der Waals surface area contributed by atoms with E-state index in [-0.39, 0.29) is 0 Å². The Morgan fingerprint density at radius 3 is 2.67 bits per heavy atom. The van der Waals surface area contributed by atoms with E-state index in [1.807, 2.05) is 41.7 Å². The molecule has 0 amide bonds. The average Bonchev–Trinajstić information content (AvgIpc) is 2.88. The molecule has 1 aromatic heterocycles. The zero-order chi connectivity index (χ0) is 15.1. The van der Waals surface area contributed by atoms with Crippen molar-refractivity contribution in [3.63, 3.8) is 0 Å². The van der Waals surface area contributed by atoms with Gasteiger partial charge < -0.3 is 10.1 Å². The maximum absolute atomic E-state index is 5.74. The highest BCUT2D eigenvalue weighted by Gasteiger charge is 2.10. The first-order valence-electron chi connectivity index (χ1n) is 7.57. The molecular formula is C17H24N2OS. The molecule has 0 radical (unpaired) electrons. The number of hydrogen-bond donors (Lipinski definition) is 1. The van der Waals surface area contributed by atoms with Crippen LogP contribution in [0.2, 0.25) is 0 Å². The van der Waals surface area contributed by atoms with Gasteiger partial charge >= 0.3 is 0 Å². The van der Waals surface area contributed by atoms with E-state index in [1.165, 1.54) is 15.6 Å². The molecule has 21 heavy (non-hydrogen) atoms. The Kier molecular flexibility index (Phi) is 6.21. The fraction of sp³-hybridized carbons (Fsp3) is 0.471. The topological polar surface area (TPSA) is 34.1 Å². The van der Waals surface area contributed by atoms with E-state index in [1.54, 1.807) is 0 Å². The van der Waals surface area contributed by atoms with Gasteiger partial charge in [-0.25, -0.2) is 4.98 Å². The smallest absolute Gasteiger partial charge is 0.119 e. The number of thiazole rings is 1. The average molecular weight is 304 g/mol. The van der Waals surface area contributed by atoms with Crippen molar-refractivity contribution in [2.24, 2.45) is 0 Å². The minimum Gasteiger partial charge on any atom is -0.493 e. The Balaban J connectivity index is 1.88. The molecule has 4 heteroatoms. The molecule has 3 nitrogen and oxygen atoms in total. The number of ether oxygens (including phenoxy) is 1. The maximum atomic E-state index is 5.74. The fourth-order valence-corrected chi connectivity index (χ4v) is 3.12. The minimum atomic E-state index is 0.502. The van der Waals surface area contributed by atoms with Crippen LogP contribution in [0, 0.1) is 0 Å². The second-order valence-electron chi connectivity index (χ2n) is 5.28.